The van der Waals surface area contributed by atoms with Crippen molar-refractivity contribution in [3.8, 4) is 0 Å². The van der Waals surface area contributed by atoms with Crippen molar-refractivity contribution in [3.05, 3.63) is 61.6 Å². The molecule has 0 aliphatic heterocycles. The predicted molar refractivity (Wildman–Crippen MR) is 113 cm³/mol. The molecule has 0 bridgehead atoms. The van der Waals surface area contributed by atoms with Crippen molar-refractivity contribution in [3.63, 3.8) is 0 Å². The summed E-state index contributed by atoms with van der Waals surface area (Å²) >= 11 is 17.9. The average Bonchev–Trinajstić information content (AvgIpc) is 3.09. The maximum absolute atomic E-state index is 13.0. The maximum Gasteiger partial charge on any atom is 0.436 e. The fraction of sp³-hybridized carbons (Fsp3) is 0.316. The summed E-state index contributed by atoms with van der Waals surface area (Å²) in [4.78, 5) is 12.5. The summed E-state index contributed by atoms with van der Waals surface area (Å²) in [6, 6.07) is 5.12. The highest BCUT2D eigenvalue weighted by Crippen LogP contribution is 2.35. The summed E-state index contributed by atoms with van der Waals surface area (Å²) in [5.41, 5.74) is 1.27. The van der Waals surface area contributed by atoms with Gasteiger partial charge < -0.3 is 5.32 Å². The summed E-state index contributed by atoms with van der Waals surface area (Å²) in [6.45, 7) is 4.75. The van der Waals surface area contributed by atoms with E-state index in [0.29, 0.717) is 33.7 Å². The number of anilines is 1. The van der Waals surface area contributed by atoms with Gasteiger partial charge in [-0.3, -0.25) is 14.2 Å². The van der Waals surface area contributed by atoms with Gasteiger partial charge in [0.1, 0.15) is 6.54 Å². The summed E-state index contributed by atoms with van der Waals surface area (Å²) in [5.74, 6) is -0.564. The number of rotatable bonds is 5. The van der Waals surface area contributed by atoms with Crippen molar-refractivity contribution in [1.82, 2.24) is 19.6 Å². The second kappa shape index (κ2) is 8.72. The molecule has 31 heavy (non-hydrogen) atoms. The first kappa shape index (κ1) is 23.4. The van der Waals surface area contributed by atoms with E-state index in [4.69, 9.17) is 34.8 Å². The molecule has 166 valence electrons. The molecule has 2 aromatic heterocycles. The third-order valence-corrected chi connectivity index (χ3v) is 5.72. The van der Waals surface area contributed by atoms with Gasteiger partial charge in [-0.1, -0.05) is 40.9 Å². The number of carbonyl (C=O) groups is 1. The number of aromatic nitrogens is 4. The molecule has 6 nitrogen and oxygen atoms in total. The number of halogens is 6. The van der Waals surface area contributed by atoms with E-state index in [9.17, 15) is 18.0 Å². The Bertz CT molecular complexity index is 1150. The number of amides is 1. The molecule has 0 unspecified atom stereocenters. The van der Waals surface area contributed by atoms with Gasteiger partial charge in [-0.15, -0.1) is 0 Å². The quantitative estimate of drug-likeness (QED) is 0.497. The van der Waals surface area contributed by atoms with Gasteiger partial charge in [-0.2, -0.15) is 23.4 Å². The Kier molecular flexibility index (Phi) is 6.59. The molecule has 0 fully saturated rings. The molecule has 2 heterocycles. The van der Waals surface area contributed by atoms with Crippen LogP contribution >= 0.6 is 34.8 Å². The van der Waals surface area contributed by atoms with Gasteiger partial charge in [-0.05, 0) is 38.5 Å². The van der Waals surface area contributed by atoms with E-state index in [2.05, 4.69) is 15.5 Å². The Balaban J connectivity index is 1.78. The predicted octanol–water partition coefficient (Wildman–Crippen LogP) is 5.67. The minimum atomic E-state index is -4.71. The minimum absolute atomic E-state index is 0.0469. The second-order valence-corrected chi connectivity index (χ2v) is 8.11. The van der Waals surface area contributed by atoms with E-state index in [1.165, 1.54) is 6.92 Å². The maximum atomic E-state index is 13.0. The SMILES string of the molecule is Cc1nn(Cc2ccc(Cl)cc2Cl)c(C)c1NC(=O)Cn1nc(C(F)(F)F)c(Cl)c1C. The molecule has 0 saturated heterocycles. The summed E-state index contributed by atoms with van der Waals surface area (Å²) in [5, 5.41) is 11.0. The first-order valence-electron chi connectivity index (χ1n) is 8.96. The fourth-order valence-electron chi connectivity index (χ4n) is 3.02. The third-order valence-electron chi connectivity index (χ3n) is 4.68. The third kappa shape index (κ3) is 4.99. The number of nitrogens with zero attached hydrogens (tertiary/aromatic N) is 4. The van der Waals surface area contributed by atoms with Crippen molar-refractivity contribution in [2.75, 3.05) is 5.32 Å². The van der Waals surface area contributed by atoms with Crippen molar-refractivity contribution in [2.24, 2.45) is 0 Å². The lowest BCUT2D eigenvalue weighted by Gasteiger charge is -2.09. The Morgan fingerprint density at radius 2 is 1.74 bits per heavy atom. The molecule has 0 radical (unpaired) electrons. The largest absolute Gasteiger partial charge is 0.436 e. The molecule has 1 N–H and O–H groups in total. The van der Waals surface area contributed by atoms with Crippen molar-refractivity contribution < 1.29 is 18.0 Å². The minimum Gasteiger partial charge on any atom is -0.321 e. The molecule has 0 aliphatic carbocycles. The van der Waals surface area contributed by atoms with Crippen LogP contribution in [0, 0.1) is 20.8 Å². The van der Waals surface area contributed by atoms with Crippen LogP contribution in [0.3, 0.4) is 0 Å². The van der Waals surface area contributed by atoms with E-state index in [1.807, 2.05) is 0 Å². The lowest BCUT2D eigenvalue weighted by atomic mass is 10.2. The molecule has 3 rings (SSSR count). The van der Waals surface area contributed by atoms with Crippen LogP contribution in [0.15, 0.2) is 18.2 Å². The van der Waals surface area contributed by atoms with Crippen molar-refractivity contribution in [2.45, 2.75) is 40.0 Å². The molecule has 1 aromatic carbocycles. The van der Waals surface area contributed by atoms with Gasteiger partial charge in [0.05, 0.1) is 34.3 Å². The zero-order valence-corrected chi connectivity index (χ0v) is 18.9. The van der Waals surface area contributed by atoms with Crippen LogP contribution in [0.5, 0.6) is 0 Å². The van der Waals surface area contributed by atoms with Gasteiger partial charge in [0.25, 0.3) is 0 Å². The van der Waals surface area contributed by atoms with Crippen LogP contribution in [0.2, 0.25) is 15.1 Å². The average molecular weight is 495 g/mol. The van der Waals surface area contributed by atoms with Crippen LogP contribution in [-0.2, 0) is 24.1 Å². The van der Waals surface area contributed by atoms with E-state index in [1.54, 1.807) is 36.7 Å². The molecule has 0 atom stereocenters. The van der Waals surface area contributed by atoms with Crippen molar-refractivity contribution >= 4 is 46.4 Å². The Morgan fingerprint density at radius 1 is 1.06 bits per heavy atom. The first-order chi connectivity index (χ1) is 14.4. The van der Waals surface area contributed by atoms with Crippen LogP contribution in [0.25, 0.3) is 0 Å². The number of hydrogen-bond acceptors (Lipinski definition) is 3. The number of aryl methyl sites for hydroxylation is 1. The molecule has 0 aliphatic rings. The summed E-state index contributed by atoms with van der Waals surface area (Å²) in [7, 11) is 0. The van der Waals surface area contributed by atoms with Crippen LogP contribution in [0.4, 0.5) is 18.9 Å². The molecule has 12 heteroatoms. The number of benzene rings is 1. The van der Waals surface area contributed by atoms with Gasteiger partial charge in [0.15, 0.2) is 5.69 Å². The van der Waals surface area contributed by atoms with E-state index >= 15 is 0 Å². The first-order valence-corrected chi connectivity index (χ1v) is 10.1. The van der Waals surface area contributed by atoms with Crippen LogP contribution < -0.4 is 5.32 Å². The normalized spacial score (nSPS) is 11.8. The molecule has 0 spiro atoms. The van der Waals surface area contributed by atoms with Crippen molar-refractivity contribution in [1.29, 1.82) is 0 Å². The Hall–Kier alpha value is -2.23. The Labute approximate surface area is 190 Å². The standard InChI is InChI=1S/C19H17Cl3F3N5O/c1-9-17(11(3)29(27-9)7-12-4-5-13(20)6-14(12)21)26-15(31)8-30-10(2)16(22)18(28-30)19(23,24)25/h4-6H,7-8H2,1-3H3,(H,26,31). The van der Waals surface area contributed by atoms with Crippen LogP contribution in [0.1, 0.15) is 28.3 Å². The zero-order valence-electron chi connectivity index (χ0n) is 16.6. The Morgan fingerprint density at radius 3 is 2.32 bits per heavy atom. The highest BCUT2D eigenvalue weighted by atomic mass is 35.5. The number of alkyl halides is 3. The van der Waals surface area contributed by atoms with Gasteiger partial charge >= 0.3 is 6.18 Å². The highest BCUT2D eigenvalue weighted by molar-refractivity contribution is 6.35. The lowest BCUT2D eigenvalue weighted by Crippen LogP contribution is -2.21. The molecule has 1 amide bonds. The van der Waals surface area contributed by atoms with E-state index in [0.717, 1.165) is 10.2 Å². The van der Waals surface area contributed by atoms with E-state index in [-0.39, 0.29) is 5.69 Å². The summed E-state index contributed by atoms with van der Waals surface area (Å²) in [6.07, 6.45) is -4.71. The number of hydrogen-bond donors (Lipinski definition) is 1. The number of carbonyl (C=O) groups excluding carboxylic acids is 1. The van der Waals surface area contributed by atoms with Gasteiger partial charge in [0, 0.05) is 10.0 Å². The second-order valence-electron chi connectivity index (χ2n) is 6.89. The smallest absolute Gasteiger partial charge is 0.321 e. The highest BCUT2D eigenvalue weighted by Gasteiger charge is 2.38. The monoisotopic (exact) mass is 493 g/mol. The molecule has 0 saturated carbocycles. The molecule has 3 aromatic rings. The van der Waals surface area contributed by atoms with Gasteiger partial charge in [0.2, 0.25) is 5.91 Å². The fourth-order valence-corrected chi connectivity index (χ4v) is 3.73. The van der Waals surface area contributed by atoms with E-state index < -0.39 is 29.3 Å². The van der Waals surface area contributed by atoms with Gasteiger partial charge in [-0.25, -0.2) is 0 Å². The van der Waals surface area contributed by atoms with Crippen LogP contribution in [-0.4, -0.2) is 25.5 Å². The lowest BCUT2D eigenvalue weighted by molar-refractivity contribution is -0.141. The molecular formula is C19H17Cl3F3N5O. The number of nitrogens with one attached hydrogen (secondary N) is 1. The summed E-state index contributed by atoms with van der Waals surface area (Å²) < 4.78 is 41.5. The molecular weight excluding hydrogens is 478 g/mol. The zero-order chi connectivity index (χ0) is 23.1. The topological polar surface area (TPSA) is 64.7 Å².